The van der Waals surface area contributed by atoms with Crippen molar-refractivity contribution in [1.29, 1.82) is 0 Å². The summed E-state index contributed by atoms with van der Waals surface area (Å²) in [5, 5.41) is 9.18. The van der Waals surface area contributed by atoms with E-state index in [9.17, 15) is 18.0 Å². The highest BCUT2D eigenvalue weighted by Crippen LogP contribution is 2.32. The number of halogens is 3. The van der Waals surface area contributed by atoms with E-state index in [4.69, 9.17) is 0 Å². The highest BCUT2D eigenvalue weighted by molar-refractivity contribution is 7.99. The van der Waals surface area contributed by atoms with Crippen LogP contribution < -0.4 is 4.90 Å². The molecule has 0 N–H and O–H groups in total. The van der Waals surface area contributed by atoms with Gasteiger partial charge >= 0.3 is 6.18 Å². The summed E-state index contributed by atoms with van der Waals surface area (Å²) in [6.07, 6.45) is -0.986. The summed E-state index contributed by atoms with van der Waals surface area (Å²) in [7, 11) is 0. The summed E-state index contributed by atoms with van der Waals surface area (Å²) in [6, 6.07) is 9.02. The first-order valence-corrected chi connectivity index (χ1v) is 11.5. The number of benzene rings is 1. The second-order valence-electron chi connectivity index (χ2n) is 7.49. The van der Waals surface area contributed by atoms with Gasteiger partial charge in [0.25, 0.3) is 0 Å². The first-order valence-electron chi connectivity index (χ1n) is 10.5. The van der Waals surface area contributed by atoms with Gasteiger partial charge in [0.1, 0.15) is 0 Å². The van der Waals surface area contributed by atoms with E-state index in [2.05, 4.69) is 15.2 Å². The number of anilines is 1. The molecule has 1 saturated heterocycles. The molecule has 1 fully saturated rings. The molecule has 1 aliphatic rings. The lowest BCUT2D eigenvalue weighted by atomic mass is 10.1. The monoisotopic (exact) mass is 476 g/mol. The van der Waals surface area contributed by atoms with Crippen molar-refractivity contribution in [2.75, 3.05) is 36.8 Å². The van der Waals surface area contributed by atoms with Gasteiger partial charge in [-0.1, -0.05) is 17.8 Å². The molecule has 0 unspecified atom stereocenters. The SMILES string of the molecule is CCn1c(SCC(=O)N2CCN(c3cccc(C(F)(F)F)c3)CC2)nnc1-c1ccncc1. The number of carbonyl (C=O) groups is 1. The van der Waals surface area contributed by atoms with Crippen LogP contribution in [0.2, 0.25) is 0 Å². The van der Waals surface area contributed by atoms with Crippen LogP contribution in [0.1, 0.15) is 12.5 Å². The third-order valence-electron chi connectivity index (χ3n) is 5.47. The van der Waals surface area contributed by atoms with Crippen molar-refractivity contribution in [2.24, 2.45) is 0 Å². The molecular formula is C22H23F3N6OS. The summed E-state index contributed by atoms with van der Waals surface area (Å²) in [5.41, 5.74) is 0.760. The molecule has 2 aromatic heterocycles. The third-order valence-corrected chi connectivity index (χ3v) is 6.42. The molecule has 174 valence electrons. The largest absolute Gasteiger partial charge is 0.416 e. The van der Waals surface area contributed by atoms with Crippen LogP contribution in [-0.2, 0) is 17.5 Å². The lowest BCUT2D eigenvalue weighted by Gasteiger charge is -2.36. The van der Waals surface area contributed by atoms with Crippen LogP contribution in [0.25, 0.3) is 11.4 Å². The van der Waals surface area contributed by atoms with Crippen molar-refractivity contribution in [3.63, 3.8) is 0 Å². The normalized spacial score (nSPS) is 14.5. The quantitative estimate of drug-likeness (QED) is 0.504. The van der Waals surface area contributed by atoms with Crippen molar-refractivity contribution in [1.82, 2.24) is 24.6 Å². The highest BCUT2D eigenvalue weighted by Gasteiger charge is 2.31. The fourth-order valence-corrected chi connectivity index (χ4v) is 4.61. The predicted molar refractivity (Wildman–Crippen MR) is 120 cm³/mol. The van der Waals surface area contributed by atoms with Gasteiger partial charge in [-0.2, -0.15) is 13.2 Å². The number of nitrogens with zero attached hydrogens (tertiary/aromatic N) is 6. The lowest BCUT2D eigenvalue weighted by Crippen LogP contribution is -2.49. The summed E-state index contributed by atoms with van der Waals surface area (Å²) in [6.45, 7) is 4.53. The van der Waals surface area contributed by atoms with Gasteiger partial charge in [-0.15, -0.1) is 10.2 Å². The van der Waals surface area contributed by atoms with E-state index < -0.39 is 11.7 Å². The number of carbonyl (C=O) groups excluding carboxylic acids is 1. The average molecular weight is 477 g/mol. The third kappa shape index (κ3) is 5.29. The zero-order valence-electron chi connectivity index (χ0n) is 18.0. The predicted octanol–water partition coefficient (Wildman–Crippen LogP) is 3.82. The fraction of sp³-hybridized carbons (Fsp3) is 0.364. The van der Waals surface area contributed by atoms with Gasteiger partial charge in [-0.3, -0.25) is 9.78 Å². The second-order valence-corrected chi connectivity index (χ2v) is 8.43. The topological polar surface area (TPSA) is 67.2 Å². The Morgan fingerprint density at radius 3 is 2.45 bits per heavy atom. The molecule has 1 aromatic carbocycles. The second kappa shape index (κ2) is 9.82. The van der Waals surface area contributed by atoms with Gasteiger partial charge in [0.05, 0.1) is 11.3 Å². The van der Waals surface area contributed by atoms with E-state index in [0.717, 1.165) is 23.5 Å². The molecule has 0 spiro atoms. The Labute approximate surface area is 193 Å². The fourth-order valence-electron chi connectivity index (χ4n) is 3.71. The number of aromatic nitrogens is 4. The van der Waals surface area contributed by atoms with Crippen LogP contribution in [-0.4, -0.2) is 62.5 Å². The van der Waals surface area contributed by atoms with Gasteiger partial charge < -0.3 is 14.4 Å². The Morgan fingerprint density at radius 2 is 1.79 bits per heavy atom. The first-order chi connectivity index (χ1) is 15.9. The maximum atomic E-state index is 13.0. The van der Waals surface area contributed by atoms with E-state index in [1.807, 2.05) is 28.5 Å². The van der Waals surface area contributed by atoms with Gasteiger partial charge in [-0.05, 0) is 37.3 Å². The number of piperazine rings is 1. The molecule has 7 nitrogen and oxygen atoms in total. The number of alkyl halides is 3. The number of amides is 1. The molecule has 1 amide bonds. The molecule has 3 aromatic rings. The average Bonchev–Trinajstić information content (AvgIpc) is 3.25. The van der Waals surface area contributed by atoms with Gasteiger partial charge in [0.2, 0.25) is 5.91 Å². The Bertz CT molecular complexity index is 1100. The standard InChI is InChI=1S/C22H23F3N6OS/c1-2-31-20(16-6-8-26-9-7-16)27-28-21(31)33-15-19(32)30-12-10-29(11-13-30)18-5-3-4-17(14-18)22(23,24)25/h3-9,14H,2,10-13,15H2,1H3. The molecule has 1 aliphatic heterocycles. The summed E-state index contributed by atoms with van der Waals surface area (Å²) in [4.78, 5) is 20.4. The molecule has 3 heterocycles. The first kappa shape index (κ1) is 23.1. The molecule has 0 radical (unpaired) electrons. The van der Waals surface area contributed by atoms with Crippen LogP contribution in [0.15, 0.2) is 53.9 Å². The molecule has 4 rings (SSSR count). The van der Waals surface area contributed by atoms with Gasteiger partial charge in [0, 0.05) is 56.4 Å². The molecular weight excluding hydrogens is 453 g/mol. The van der Waals surface area contributed by atoms with Crippen molar-refractivity contribution in [2.45, 2.75) is 24.8 Å². The smallest absolute Gasteiger partial charge is 0.368 e. The number of hydrogen-bond donors (Lipinski definition) is 0. The van der Waals surface area contributed by atoms with E-state index in [1.54, 1.807) is 23.4 Å². The van der Waals surface area contributed by atoms with Crippen molar-refractivity contribution >= 4 is 23.4 Å². The van der Waals surface area contributed by atoms with Crippen LogP contribution in [0, 0.1) is 0 Å². The van der Waals surface area contributed by atoms with Crippen LogP contribution in [0.3, 0.4) is 0 Å². The number of rotatable bonds is 6. The number of hydrogen-bond acceptors (Lipinski definition) is 6. The van der Waals surface area contributed by atoms with Crippen LogP contribution in [0.5, 0.6) is 0 Å². The molecule has 33 heavy (non-hydrogen) atoms. The summed E-state index contributed by atoms with van der Waals surface area (Å²) < 4.78 is 40.9. The Hall–Kier alpha value is -3.08. The van der Waals surface area contributed by atoms with Crippen LogP contribution in [0.4, 0.5) is 18.9 Å². The highest BCUT2D eigenvalue weighted by atomic mass is 32.2. The van der Waals surface area contributed by atoms with Gasteiger partial charge in [0.15, 0.2) is 11.0 Å². The van der Waals surface area contributed by atoms with E-state index in [-0.39, 0.29) is 11.7 Å². The van der Waals surface area contributed by atoms with Crippen LogP contribution >= 0.6 is 11.8 Å². The zero-order valence-corrected chi connectivity index (χ0v) is 18.8. The van der Waals surface area contributed by atoms with Crippen molar-refractivity contribution < 1.29 is 18.0 Å². The Morgan fingerprint density at radius 1 is 1.06 bits per heavy atom. The van der Waals surface area contributed by atoms with Crippen molar-refractivity contribution in [3.05, 3.63) is 54.4 Å². The number of pyridine rings is 1. The molecule has 0 saturated carbocycles. The molecule has 0 bridgehead atoms. The van der Waals surface area contributed by atoms with E-state index >= 15 is 0 Å². The summed E-state index contributed by atoms with van der Waals surface area (Å²) in [5.74, 6) is 0.919. The molecule has 11 heteroatoms. The minimum atomic E-state index is -4.37. The Balaban J connectivity index is 1.34. The maximum absolute atomic E-state index is 13.0. The van der Waals surface area contributed by atoms with E-state index in [0.29, 0.717) is 43.6 Å². The Kier molecular flexibility index (Phi) is 6.87. The lowest BCUT2D eigenvalue weighted by molar-refractivity contribution is -0.137. The van der Waals surface area contributed by atoms with E-state index in [1.165, 1.54) is 17.8 Å². The summed E-state index contributed by atoms with van der Waals surface area (Å²) >= 11 is 1.33. The molecule has 0 aliphatic carbocycles. The van der Waals surface area contributed by atoms with Crippen molar-refractivity contribution in [3.8, 4) is 11.4 Å². The van der Waals surface area contributed by atoms with Gasteiger partial charge in [-0.25, -0.2) is 0 Å². The zero-order chi connectivity index (χ0) is 23.4. The minimum absolute atomic E-state index is 0.0280. The molecule has 0 atom stereocenters. The minimum Gasteiger partial charge on any atom is -0.368 e. The number of thioether (sulfide) groups is 1. The maximum Gasteiger partial charge on any atom is 0.416 e.